The van der Waals surface area contributed by atoms with Crippen molar-refractivity contribution in [3.8, 4) is 0 Å². The molecule has 1 aliphatic heterocycles. The van der Waals surface area contributed by atoms with Crippen molar-refractivity contribution >= 4 is 39.3 Å². The maximum absolute atomic E-state index is 11.0. The number of hydrogen-bond donors (Lipinski definition) is 1. The van der Waals surface area contributed by atoms with Crippen LogP contribution in [0.3, 0.4) is 0 Å². The lowest BCUT2D eigenvalue weighted by molar-refractivity contribution is 0.123. The Bertz CT molecular complexity index is 469. The van der Waals surface area contributed by atoms with Gasteiger partial charge in [-0.3, -0.25) is 0 Å². The van der Waals surface area contributed by atoms with E-state index in [1.54, 1.807) is 0 Å². The first-order chi connectivity index (χ1) is 8.49. The van der Waals surface area contributed by atoms with E-state index in [9.17, 15) is 4.79 Å². The molecule has 0 aliphatic carbocycles. The zero-order valence-electron chi connectivity index (χ0n) is 9.94. The van der Waals surface area contributed by atoms with Gasteiger partial charge in [-0.1, -0.05) is 27.5 Å². The van der Waals surface area contributed by atoms with Crippen LogP contribution in [0.1, 0.15) is 6.92 Å². The molecule has 1 heterocycles. The van der Waals surface area contributed by atoms with Gasteiger partial charge in [0, 0.05) is 30.1 Å². The zero-order valence-corrected chi connectivity index (χ0v) is 12.3. The van der Waals surface area contributed by atoms with Crippen LogP contribution >= 0.6 is 27.5 Å². The first kappa shape index (κ1) is 13.5. The van der Waals surface area contributed by atoms with Crippen molar-refractivity contribution in [1.82, 2.24) is 4.90 Å². The van der Waals surface area contributed by atoms with Crippen molar-refractivity contribution in [2.75, 3.05) is 24.5 Å². The summed E-state index contributed by atoms with van der Waals surface area (Å²) in [5.41, 5.74) is 0.955. The molecule has 98 valence electrons. The number of anilines is 1. The number of carbonyl (C=O) groups is 1. The fraction of sp³-hybridized carbons (Fsp3) is 0.417. The molecule has 1 atom stereocenters. The number of halogens is 2. The summed E-state index contributed by atoms with van der Waals surface area (Å²) in [5.74, 6) is 0. The van der Waals surface area contributed by atoms with E-state index in [1.807, 2.05) is 25.1 Å². The Morgan fingerprint density at radius 3 is 2.78 bits per heavy atom. The molecule has 0 unspecified atom stereocenters. The normalized spacial score (nSPS) is 20.1. The van der Waals surface area contributed by atoms with Crippen LogP contribution in [0.25, 0.3) is 0 Å². The number of piperazine rings is 1. The highest BCUT2D eigenvalue weighted by Crippen LogP contribution is 2.30. The Labute approximate surface area is 119 Å². The van der Waals surface area contributed by atoms with Gasteiger partial charge >= 0.3 is 6.09 Å². The summed E-state index contributed by atoms with van der Waals surface area (Å²) in [6, 6.07) is 5.71. The van der Waals surface area contributed by atoms with Crippen LogP contribution < -0.4 is 4.90 Å². The predicted molar refractivity (Wildman–Crippen MR) is 75.6 cm³/mol. The van der Waals surface area contributed by atoms with Crippen molar-refractivity contribution < 1.29 is 9.90 Å². The molecule has 4 nitrogen and oxygen atoms in total. The van der Waals surface area contributed by atoms with E-state index in [0.29, 0.717) is 24.7 Å². The molecule has 0 spiro atoms. The maximum Gasteiger partial charge on any atom is 0.407 e. The van der Waals surface area contributed by atoms with Gasteiger partial charge in [0.25, 0.3) is 0 Å². The van der Waals surface area contributed by atoms with E-state index in [1.165, 1.54) is 4.90 Å². The number of benzene rings is 1. The molecule has 18 heavy (non-hydrogen) atoms. The SMILES string of the molecule is C[C@@H]1CN(c2ccc(Br)cc2Cl)CCN1C(=O)O. The first-order valence-corrected chi connectivity index (χ1v) is 6.85. The summed E-state index contributed by atoms with van der Waals surface area (Å²) in [5, 5.41) is 9.71. The molecular weight excluding hydrogens is 320 g/mol. The van der Waals surface area contributed by atoms with Gasteiger partial charge in [0.1, 0.15) is 0 Å². The van der Waals surface area contributed by atoms with Crippen molar-refractivity contribution in [1.29, 1.82) is 0 Å². The number of rotatable bonds is 1. The molecule has 1 amide bonds. The molecule has 1 saturated heterocycles. The van der Waals surface area contributed by atoms with Crippen molar-refractivity contribution in [2.24, 2.45) is 0 Å². The van der Waals surface area contributed by atoms with Crippen LogP contribution in [-0.4, -0.2) is 41.8 Å². The average molecular weight is 334 g/mol. The van der Waals surface area contributed by atoms with Crippen LogP contribution in [0, 0.1) is 0 Å². The number of hydrogen-bond acceptors (Lipinski definition) is 2. The second-order valence-corrected chi connectivity index (χ2v) is 5.69. The molecular formula is C12H14BrClN2O2. The predicted octanol–water partition coefficient (Wildman–Crippen LogP) is 3.29. The third kappa shape index (κ3) is 2.72. The molecule has 1 fully saturated rings. The average Bonchev–Trinajstić information content (AvgIpc) is 2.28. The van der Waals surface area contributed by atoms with Crippen LogP contribution in [0.4, 0.5) is 10.5 Å². The van der Waals surface area contributed by atoms with E-state index in [0.717, 1.165) is 10.2 Å². The largest absolute Gasteiger partial charge is 0.465 e. The summed E-state index contributed by atoms with van der Waals surface area (Å²) >= 11 is 9.58. The molecule has 1 N–H and O–H groups in total. The minimum absolute atomic E-state index is 0.0315. The van der Waals surface area contributed by atoms with Crippen molar-refractivity contribution in [3.63, 3.8) is 0 Å². The molecule has 0 saturated carbocycles. The third-order valence-electron chi connectivity index (χ3n) is 3.12. The Hall–Kier alpha value is -0.940. The molecule has 1 aromatic carbocycles. The zero-order chi connectivity index (χ0) is 13.3. The summed E-state index contributed by atoms with van der Waals surface area (Å²) in [4.78, 5) is 14.6. The van der Waals surface area contributed by atoms with E-state index in [4.69, 9.17) is 16.7 Å². The Kier molecular flexibility index (Phi) is 4.02. The van der Waals surface area contributed by atoms with E-state index in [-0.39, 0.29) is 6.04 Å². The van der Waals surface area contributed by atoms with Gasteiger partial charge in [-0.15, -0.1) is 0 Å². The van der Waals surface area contributed by atoms with Gasteiger partial charge in [0.05, 0.1) is 10.7 Å². The molecule has 1 aliphatic rings. The highest BCUT2D eigenvalue weighted by molar-refractivity contribution is 9.10. The van der Waals surface area contributed by atoms with E-state index >= 15 is 0 Å². The summed E-state index contributed by atoms with van der Waals surface area (Å²) in [6.45, 7) is 3.74. The van der Waals surface area contributed by atoms with Crippen LogP contribution in [0.15, 0.2) is 22.7 Å². The van der Waals surface area contributed by atoms with Gasteiger partial charge in [-0.25, -0.2) is 4.79 Å². The highest BCUT2D eigenvalue weighted by atomic mass is 79.9. The lowest BCUT2D eigenvalue weighted by Crippen LogP contribution is -2.53. The summed E-state index contributed by atoms with van der Waals surface area (Å²) < 4.78 is 0.938. The highest BCUT2D eigenvalue weighted by Gasteiger charge is 2.27. The first-order valence-electron chi connectivity index (χ1n) is 5.68. The number of amides is 1. The molecule has 1 aromatic rings. The number of nitrogens with zero attached hydrogens (tertiary/aromatic N) is 2. The van der Waals surface area contributed by atoms with Gasteiger partial charge in [0.2, 0.25) is 0 Å². The lowest BCUT2D eigenvalue weighted by atomic mass is 10.1. The lowest BCUT2D eigenvalue weighted by Gasteiger charge is -2.39. The Morgan fingerprint density at radius 1 is 1.50 bits per heavy atom. The molecule has 0 bridgehead atoms. The topological polar surface area (TPSA) is 43.8 Å². The van der Waals surface area contributed by atoms with Gasteiger partial charge in [-0.05, 0) is 25.1 Å². The molecule has 0 radical (unpaired) electrons. The Balaban J connectivity index is 2.15. The molecule has 2 rings (SSSR count). The monoisotopic (exact) mass is 332 g/mol. The smallest absolute Gasteiger partial charge is 0.407 e. The second kappa shape index (κ2) is 5.36. The van der Waals surface area contributed by atoms with E-state index < -0.39 is 6.09 Å². The van der Waals surface area contributed by atoms with Gasteiger partial charge in [0.15, 0.2) is 0 Å². The summed E-state index contributed by atoms with van der Waals surface area (Å²) in [7, 11) is 0. The molecule has 0 aromatic heterocycles. The quantitative estimate of drug-likeness (QED) is 0.857. The summed E-state index contributed by atoms with van der Waals surface area (Å²) in [6.07, 6.45) is -0.857. The van der Waals surface area contributed by atoms with Crippen molar-refractivity contribution in [2.45, 2.75) is 13.0 Å². The maximum atomic E-state index is 11.0. The fourth-order valence-electron chi connectivity index (χ4n) is 2.20. The van der Waals surface area contributed by atoms with Gasteiger partial charge < -0.3 is 14.9 Å². The van der Waals surface area contributed by atoms with Crippen molar-refractivity contribution in [3.05, 3.63) is 27.7 Å². The van der Waals surface area contributed by atoms with Crippen LogP contribution in [0.2, 0.25) is 5.02 Å². The minimum Gasteiger partial charge on any atom is -0.465 e. The fourth-order valence-corrected chi connectivity index (χ4v) is 2.99. The number of carboxylic acid groups (broad SMARTS) is 1. The Morgan fingerprint density at radius 2 is 2.22 bits per heavy atom. The van der Waals surface area contributed by atoms with Crippen LogP contribution in [0.5, 0.6) is 0 Å². The van der Waals surface area contributed by atoms with E-state index in [2.05, 4.69) is 20.8 Å². The molecule has 6 heteroatoms. The standard InChI is InChI=1S/C12H14BrClN2O2/c1-8-7-15(4-5-16(8)12(17)18)11-3-2-9(13)6-10(11)14/h2-3,6,8H,4-5,7H2,1H3,(H,17,18)/t8-/m1/s1. The third-order valence-corrected chi connectivity index (χ3v) is 3.92. The minimum atomic E-state index is -0.857. The van der Waals surface area contributed by atoms with Gasteiger partial charge in [-0.2, -0.15) is 0 Å². The van der Waals surface area contributed by atoms with Crippen LogP contribution in [-0.2, 0) is 0 Å². The second-order valence-electron chi connectivity index (χ2n) is 4.37.